The van der Waals surface area contributed by atoms with Crippen LogP contribution in [0.25, 0.3) is 5.69 Å². The first-order valence-corrected chi connectivity index (χ1v) is 9.24. The molecule has 1 aliphatic rings. The summed E-state index contributed by atoms with van der Waals surface area (Å²) in [6.07, 6.45) is 2.40. The Hall–Kier alpha value is -3.39. The van der Waals surface area contributed by atoms with Gasteiger partial charge >= 0.3 is 0 Å². The second kappa shape index (κ2) is 6.65. The number of aryl methyl sites for hydroxylation is 3. The van der Waals surface area contributed by atoms with E-state index in [-0.39, 0.29) is 22.8 Å². The molecule has 4 rings (SSSR count). The van der Waals surface area contributed by atoms with Crippen LogP contribution in [0.3, 0.4) is 0 Å². The van der Waals surface area contributed by atoms with Gasteiger partial charge in [0.1, 0.15) is 17.4 Å². The van der Waals surface area contributed by atoms with Gasteiger partial charge < -0.3 is 4.42 Å². The van der Waals surface area contributed by atoms with E-state index in [2.05, 4.69) is 0 Å². The maximum Gasteiger partial charge on any atom is 0.273 e. The highest BCUT2D eigenvalue weighted by molar-refractivity contribution is 5.99. The van der Waals surface area contributed by atoms with Crippen LogP contribution in [0.2, 0.25) is 0 Å². The molecule has 0 bridgehead atoms. The van der Waals surface area contributed by atoms with E-state index in [0.29, 0.717) is 24.1 Å². The van der Waals surface area contributed by atoms with Crippen molar-refractivity contribution in [3.8, 4) is 11.8 Å². The Bertz CT molecular complexity index is 1170. The van der Waals surface area contributed by atoms with Crippen LogP contribution in [0, 0.1) is 32.1 Å². The van der Waals surface area contributed by atoms with E-state index in [9.17, 15) is 14.9 Å². The molecule has 3 aromatic rings. The van der Waals surface area contributed by atoms with E-state index in [1.165, 1.54) is 6.07 Å². The van der Waals surface area contributed by atoms with E-state index in [1.807, 2.05) is 45.0 Å². The van der Waals surface area contributed by atoms with E-state index < -0.39 is 0 Å². The normalized spacial score (nSPS) is 15.9. The van der Waals surface area contributed by atoms with Crippen LogP contribution in [0.15, 0.2) is 45.8 Å². The summed E-state index contributed by atoms with van der Waals surface area (Å²) in [4.78, 5) is 26.1. The first-order chi connectivity index (χ1) is 13.4. The molecule has 2 heterocycles. The zero-order valence-electron chi connectivity index (χ0n) is 16.1. The third-order valence-corrected chi connectivity index (χ3v) is 5.40. The average Bonchev–Trinajstić information content (AvgIpc) is 3.17. The molecular formula is C23H20N2O3. The molecule has 0 fully saturated rings. The lowest BCUT2D eigenvalue weighted by Crippen LogP contribution is -2.32. The Morgan fingerprint density at radius 2 is 1.82 bits per heavy atom. The molecule has 0 radical (unpaired) electrons. The van der Waals surface area contributed by atoms with Crippen LogP contribution >= 0.6 is 0 Å². The van der Waals surface area contributed by atoms with Gasteiger partial charge in [-0.15, -0.1) is 0 Å². The van der Waals surface area contributed by atoms with Crippen LogP contribution in [0.1, 0.15) is 56.4 Å². The van der Waals surface area contributed by atoms with Crippen LogP contribution in [0.4, 0.5) is 0 Å². The van der Waals surface area contributed by atoms with Gasteiger partial charge in [-0.3, -0.25) is 14.2 Å². The summed E-state index contributed by atoms with van der Waals surface area (Å²) >= 11 is 0. The summed E-state index contributed by atoms with van der Waals surface area (Å²) < 4.78 is 7.10. The van der Waals surface area contributed by atoms with Gasteiger partial charge in [-0.25, -0.2) is 0 Å². The number of carbonyl (C=O) groups is 1. The number of fused-ring (bicyclic) bond motifs is 1. The standard InChI is InChI=1S/C23H20N2O3/c1-13-7-14(2)22(15(3)8-13)25-19-10-16(21-5-4-6-28-21)11-20(26)18(19)9-17(12-24)23(25)27/h4-9,16H,10-11H2,1-3H3/t16-/m1/s1. The number of aromatic nitrogens is 1. The lowest BCUT2D eigenvalue weighted by molar-refractivity contribution is 0.0958. The van der Waals surface area contributed by atoms with Gasteiger partial charge in [-0.2, -0.15) is 5.26 Å². The Balaban J connectivity index is 2.03. The number of hydrogen-bond donors (Lipinski definition) is 0. The minimum atomic E-state index is -0.385. The van der Waals surface area contributed by atoms with E-state index in [4.69, 9.17) is 4.42 Å². The second-order valence-electron chi connectivity index (χ2n) is 7.46. The Morgan fingerprint density at radius 3 is 2.43 bits per heavy atom. The highest BCUT2D eigenvalue weighted by Crippen LogP contribution is 2.34. The molecule has 1 aromatic carbocycles. The van der Waals surface area contributed by atoms with Crippen molar-refractivity contribution < 1.29 is 9.21 Å². The fourth-order valence-corrected chi connectivity index (χ4v) is 4.30. The minimum absolute atomic E-state index is 0.0112. The number of ketones is 1. The van der Waals surface area contributed by atoms with Gasteiger partial charge in [-0.05, 0) is 56.5 Å². The van der Waals surface area contributed by atoms with Crippen molar-refractivity contribution in [1.82, 2.24) is 4.57 Å². The van der Waals surface area contributed by atoms with Gasteiger partial charge in [0.05, 0.1) is 12.0 Å². The van der Waals surface area contributed by atoms with Crippen molar-refractivity contribution >= 4 is 5.78 Å². The van der Waals surface area contributed by atoms with Crippen LogP contribution in [-0.2, 0) is 6.42 Å². The molecule has 28 heavy (non-hydrogen) atoms. The fraction of sp³-hybridized carbons (Fsp3) is 0.261. The second-order valence-corrected chi connectivity index (χ2v) is 7.46. The van der Waals surface area contributed by atoms with Crippen molar-refractivity contribution in [2.45, 2.75) is 39.5 Å². The monoisotopic (exact) mass is 372 g/mol. The lowest BCUT2D eigenvalue weighted by Gasteiger charge is -2.27. The molecule has 0 saturated carbocycles. The number of hydrogen-bond acceptors (Lipinski definition) is 4. The van der Waals surface area contributed by atoms with Gasteiger partial charge in [-0.1, -0.05) is 17.7 Å². The summed E-state index contributed by atoms with van der Waals surface area (Å²) in [7, 11) is 0. The summed E-state index contributed by atoms with van der Waals surface area (Å²) in [5.41, 5.74) is 4.43. The van der Waals surface area contributed by atoms with Crippen molar-refractivity contribution in [2.24, 2.45) is 0 Å². The molecule has 140 valence electrons. The lowest BCUT2D eigenvalue weighted by atomic mass is 9.83. The third-order valence-electron chi connectivity index (χ3n) is 5.40. The van der Waals surface area contributed by atoms with Gasteiger partial charge in [0.25, 0.3) is 5.56 Å². The van der Waals surface area contributed by atoms with Gasteiger partial charge in [0.15, 0.2) is 5.78 Å². The number of carbonyl (C=O) groups excluding carboxylic acids is 1. The van der Waals surface area contributed by atoms with Crippen molar-refractivity contribution in [3.63, 3.8) is 0 Å². The summed E-state index contributed by atoms with van der Waals surface area (Å²) in [6, 6.07) is 11.1. The predicted molar refractivity (Wildman–Crippen MR) is 105 cm³/mol. The predicted octanol–water partition coefficient (Wildman–Crippen LogP) is 4.14. The first-order valence-electron chi connectivity index (χ1n) is 9.24. The number of pyridine rings is 1. The van der Waals surface area contributed by atoms with Crippen LogP contribution in [-0.4, -0.2) is 10.4 Å². The quantitative estimate of drug-likeness (QED) is 0.677. The molecule has 0 N–H and O–H groups in total. The zero-order chi connectivity index (χ0) is 20.0. The smallest absolute Gasteiger partial charge is 0.273 e. The molecule has 1 aliphatic carbocycles. The Labute approximate surface area is 162 Å². The number of rotatable bonds is 2. The topological polar surface area (TPSA) is 76.0 Å². The number of Topliss-reactive ketones (excluding diaryl/α,β-unsaturated/α-hetero) is 1. The molecule has 0 spiro atoms. The molecule has 0 amide bonds. The van der Waals surface area contributed by atoms with E-state index >= 15 is 0 Å². The summed E-state index contributed by atoms with van der Waals surface area (Å²) in [5, 5.41) is 9.47. The maximum atomic E-state index is 13.2. The Kier molecular flexibility index (Phi) is 4.27. The number of nitriles is 1. The minimum Gasteiger partial charge on any atom is -0.469 e. The number of benzene rings is 1. The Morgan fingerprint density at radius 1 is 1.11 bits per heavy atom. The molecule has 1 atom stereocenters. The van der Waals surface area contributed by atoms with Crippen molar-refractivity contribution in [3.05, 3.63) is 86.2 Å². The van der Waals surface area contributed by atoms with E-state index in [1.54, 1.807) is 16.9 Å². The fourth-order valence-electron chi connectivity index (χ4n) is 4.30. The zero-order valence-corrected chi connectivity index (χ0v) is 16.1. The van der Waals surface area contributed by atoms with Crippen LogP contribution < -0.4 is 5.56 Å². The third kappa shape index (κ3) is 2.78. The molecule has 5 nitrogen and oxygen atoms in total. The average molecular weight is 372 g/mol. The van der Waals surface area contributed by atoms with Gasteiger partial charge in [0.2, 0.25) is 0 Å². The van der Waals surface area contributed by atoms with Gasteiger partial charge in [0, 0.05) is 23.6 Å². The van der Waals surface area contributed by atoms with Crippen LogP contribution in [0.5, 0.6) is 0 Å². The first kappa shape index (κ1) is 18.0. The SMILES string of the molecule is Cc1cc(C)c(-n2c3c(cc(C#N)c2=O)C(=O)C[C@H](c2ccco2)C3)c(C)c1. The molecule has 0 saturated heterocycles. The van der Waals surface area contributed by atoms with E-state index in [0.717, 1.165) is 28.1 Å². The largest absolute Gasteiger partial charge is 0.469 e. The summed E-state index contributed by atoms with van der Waals surface area (Å²) in [6.45, 7) is 5.90. The molecular weight excluding hydrogens is 352 g/mol. The van der Waals surface area contributed by atoms with Crippen molar-refractivity contribution in [2.75, 3.05) is 0 Å². The molecule has 2 aromatic heterocycles. The highest BCUT2D eigenvalue weighted by Gasteiger charge is 2.32. The summed E-state index contributed by atoms with van der Waals surface area (Å²) in [5.74, 6) is 0.537. The van der Waals surface area contributed by atoms with Crippen molar-refractivity contribution in [1.29, 1.82) is 5.26 Å². The number of nitrogens with zero attached hydrogens (tertiary/aromatic N) is 2. The maximum absolute atomic E-state index is 13.2. The molecule has 0 unspecified atom stereocenters. The molecule has 0 aliphatic heterocycles. The highest BCUT2D eigenvalue weighted by atomic mass is 16.3. The molecule has 5 heteroatoms. The number of furan rings is 1.